The van der Waals surface area contributed by atoms with Gasteiger partial charge in [-0.3, -0.25) is 9.48 Å². The van der Waals surface area contributed by atoms with Gasteiger partial charge in [-0.1, -0.05) is 32.0 Å². The van der Waals surface area contributed by atoms with Crippen LogP contribution < -0.4 is 10.1 Å². The zero-order chi connectivity index (χ0) is 15.9. The van der Waals surface area contributed by atoms with Crippen LogP contribution >= 0.6 is 0 Å². The van der Waals surface area contributed by atoms with Crippen molar-refractivity contribution in [2.24, 2.45) is 13.0 Å². The minimum absolute atomic E-state index is 0.0577. The summed E-state index contributed by atoms with van der Waals surface area (Å²) in [5, 5.41) is 7.06. The molecule has 2 rings (SSSR count). The van der Waals surface area contributed by atoms with E-state index in [-0.39, 0.29) is 17.9 Å². The molecule has 0 unspecified atom stereocenters. The Morgan fingerprint density at radius 3 is 2.64 bits per heavy atom. The van der Waals surface area contributed by atoms with Crippen molar-refractivity contribution in [2.45, 2.75) is 26.3 Å². The molecule has 1 atom stereocenters. The van der Waals surface area contributed by atoms with Crippen LogP contribution in [0.1, 0.15) is 32.1 Å². The van der Waals surface area contributed by atoms with Crippen LogP contribution in [0.5, 0.6) is 5.75 Å². The second kappa shape index (κ2) is 7.59. The van der Waals surface area contributed by atoms with Crippen LogP contribution in [0.3, 0.4) is 0 Å². The lowest BCUT2D eigenvalue weighted by molar-refractivity contribution is -0.122. The first-order chi connectivity index (χ1) is 10.6. The van der Waals surface area contributed by atoms with Crippen molar-refractivity contribution >= 4 is 5.91 Å². The zero-order valence-corrected chi connectivity index (χ0v) is 13.2. The van der Waals surface area contributed by atoms with Gasteiger partial charge in [-0.05, 0) is 18.1 Å². The van der Waals surface area contributed by atoms with Gasteiger partial charge in [-0.25, -0.2) is 4.98 Å². The van der Waals surface area contributed by atoms with Crippen LogP contribution in [-0.4, -0.2) is 27.3 Å². The highest BCUT2D eigenvalue weighted by molar-refractivity contribution is 5.76. The monoisotopic (exact) mass is 302 g/mol. The number of para-hydroxylation sites is 1. The first-order valence-corrected chi connectivity index (χ1v) is 7.39. The molecule has 1 aromatic heterocycles. The summed E-state index contributed by atoms with van der Waals surface area (Å²) in [4.78, 5) is 16.3. The number of hydrogen-bond acceptors (Lipinski definition) is 4. The molecular weight excluding hydrogens is 280 g/mol. The maximum absolute atomic E-state index is 12.1. The van der Waals surface area contributed by atoms with Crippen LogP contribution in [0.4, 0.5) is 0 Å². The summed E-state index contributed by atoms with van der Waals surface area (Å²) in [6.45, 7) is 4.43. The summed E-state index contributed by atoms with van der Waals surface area (Å²) in [5.74, 6) is 1.69. The Balaban J connectivity index is 1.85. The second-order valence-corrected chi connectivity index (χ2v) is 5.44. The number of rotatable bonds is 7. The molecule has 0 aliphatic carbocycles. The fourth-order valence-corrected chi connectivity index (χ4v) is 2.14. The molecule has 0 fully saturated rings. The molecule has 0 spiro atoms. The third kappa shape index (κ3) is 4.31. The van der Waals surface area contributed by atoms with Crippen LogP contribution in [0, 0.1) is 5.92 Å². The number of aromatic nitrogens is 3. The van der Waals surface area contributed by atoms with Crippen molar-refractivity contribution < 1.29 is 9.53 Å². The van der Waals surface area contributed by atoms with Crippen molar-refractivity contribution in [3.05, 3.63) is 42.5 Å². The first-order valence-electron chi connectivity index (χ1n) is 7.39. The number of amides is 1. The van der Waals surface area contributed by atoms with Gasteiger partial charge in [0.2, 0.25) is 5.91 Å². The van der Waals surface area contributed by atoms with E-state index >= 15 is 0 Å². The van der Waals surface area contributed by atoms with E-state index in [1.165, 1.54) is 6.33 Å². The number of nitrogens with one attached hydrogen (secondary N) is 1. The van der Waals surface area contributed by atoms with Crippen LogP contribution in [0.2, 0.25) is 0 Å². The predicted molar refractivity (Wildman–Crippen MR) is 83.3 cm³/mol. The maximum atomic E-state index is 12.1. The van der Waals surface area contributed by atoms with E-state index in [1.807, 2.05) is 51.2 Å². The zero-order valence-electron chi connectivity index (χ0n) is 13.2. The van der Waals surface area contributed by atoms with Gasteiger partial charge in [0.25, 0.3) is 0 Å². The normalized spacial score (nSPS) is 12.2. The Labute approximate surface area is 130 Å². The first kappa shape index (κ1) is 16.0. The number of nitrogens with zero attached hydrogens (tertiary/aromatic N) is 3. The third-order valence-corrected chi connectivity index (χ3v) is 3.35. The van der Waals surface area contributed by atoms with Crippen molar-refractivity contribution in [3.8, 4) is 5.75 Å². The third-order valence-electron chi connectivity index (χ3n) is 3.35. The molecule has 6 heteroatoms. The molecule has 118 valence electrons. The summed E-state index contributed by atoms with van der Waals surface area (Å²) in [5.41, 5.74) is 0. The number of carbonyl (C=O) groups is 1. The van der Waals surface area contributed by atoms with Gasteiger partial charge in [-0.15, -0.1) is 0 Å². The Morgan fingerprint density at radius 1 is 1.32 bits per heavy atom. The quantitative estimate of drug-likeness (QED) is 0.850. The molecule has 0 saturated heterocycles. The molecule has 0 aliphatic rings. The van der Waals surface area contributed by atoms with Gasteiger partial charge in [0.05, 0.1) is 19.1 Å². The average Bonchev–Trinajstić information content (AvgIpc) is 2.91. The van der Waals surface area contributed by atoms with Gasteiger partial charge in [-0.2, -0.15) is 5.10 Å². The minimum atomic E-state index is -0.156. The molecule has 0 radical (unpaired) electrons. The molecule has 2 aromatic rings. The van der Waals surface area contributed by atoms with Crippen molar-refractivity contribution in [3.63, 3.8) is 0 Å². The van der Waals surface area contributed by atoms with Crippen molar-refractivity contribution in [1.82, 2.24) is 20.1 Å². The Bertz CT molecular complexity index is 595. The van der Waals surface area contributed by atoms with E-state index < -0.39 is 0 Å². The van der Waals surface area contributed by atoms with E-state index in [9.17, 15) is 4.79 Å². The number of hydrogen-bond donors (Lipinski definition) is 1. The highest BCUT2D eigenvalue weighted by Crippen LogP contribution is 2.19. The molecule has 1 amide bonds. The summed E-state index contributed by atoms with van der Waals surface area (Å²) >= 11 is 0. The second-order valence-electron chi connectivity index (χ2n) is 5.44. The van der Waals surface area contributed by atoms with E-state index in [0.717, 1.165) is 11.6 Å². The van der Waals surface area contributed by atoms with Crippen molar-refractivity contribution in [2.75, 3.05) is 6.61 Å². The van der Waals surface area contributed by atoms with Gasteiger partial charge >= 0.3 is 0 Å². The summed E-state index contributed by atoms with van der Waals surface area (Å²) in [6, 6.07) is 9.31. The van der Waals surface area contributed by atoms with Gasteiger partial charge in [0, 0.05) is 7.05 Å². The molecule has 1 N–H and O–H groups in total. The molecule has 0 aliphatic heterocycles. The van der Waals surface area contributed by atoms with E-state index in [0.29, 0.717) is 13.0 Å². The van der Waals surface area contributed by atoms with Crippen LogP contribution in [0.25, 0.3) is 0 Å². The van der Waals surface area contributed by atoms with Crippen LogP contribution in [-0.2, 0) is 11.8 Å². The van der Waals surface area contributed by atoms with Crippen LogP contribution in [0.15, 0.2) is 36.7 Å². The average molecular weight is 302 g/mol. The van der Waals surface area contributed by atoms with E-state index in [1.54, 1.807) is 4.68 Å². The molecule has 0 bridgehead atoms. The smallest absolute Gasteiger partial charge is 0.224 e. The lowest BCUT2D eigenvalue weighted by Crippen LogP contribution is -2.34. The topological polar surface area (TPSA) is 69.0 Å². The number of aryl methyl sites for hydroxylation is 1. The fourth-order valence-electron chi connectivity index (χ4n) is 2.14. The van der Waals surface area contributed by atoms with Gasteiger partial charge in [0.1, 0.15) is 17.9 Å². The fraction of sp³-hybridized carbons (Fsp3) is 0.438. The Morgan fingerprint density at radius 2 is 2.05 bits per heavy atom. The Hall–Kier alpha value is -2.37. The lowest BCUT2D eigenvalue weighted by atomic mass is 10.0. The van der Waals surface area contributed by atoms with E-state index in [4.69, 9.17) is 4.74 Å². The van der Waals surface area contributed by atoms with Crippen molar-refractivity contribution in [1.29, 1.82) is 0 Å². The summed E-state index contributed by atoms with van der Waals surface area (Å²) < 4.78 is 7.23. The Kier molecular flexibility index (Phi) is 5.52. The largest absolute Gasteiger partial charge is 0.493 e. The highest BCUT2D eigenvalue weighted by atomic mass is 16.5. The summed E-state index contributed by atoms with van der Waals surface area (Å²) in [6.07, 6.45) is 1.80. The standard InChI is InChI=1S/C16H22N4O2/c1-12(2)15(16-17-11-18-20(16)3)19-14(21)9-10-22-13-7-5-4-6-8-13/h4-8,11-12,15H,9-10H2,1-3H3,(H,19,21)/t15-/m0/s1. The molecule has 22 heavy (non-hydrogen) atoms. The molecule has 0 saturated carbocycles. The number of ether oxygens (including phenoxy) is 1. The number of benzene rings is 1. The molecule has 6 nitrogen and oxygen atoms in total. The predicted octanol–water partition coefficient (Wildman–Crippen LogP) is 2.10. The molecular formula is C16H22N4O2. The van der Waals surface area contributed by atoms with E-state index in [2.05, 4.69) is 15.4 Å². The SMILES string of the molecule is CC(C)[C@H](NC(=O)CCOc1ccccc1)c1ncnn1C. The summed E-state index contributed by atoms with van der Waals surface area (Å²) in [7, 11) is 1.82. The van der Waals surface area contributed by atoms with Gasteiger partial charge < -0.3 is 10.1 Å². The maximum Gasteiger partial charge on any atom is 0.224 e. The highest BCUT2D eigenvalue weighted by Gasteiger charge is 2.22. The molecule has 1 heterocycles. The molecule has 1 aromatic carbocycles. The van der Waals surface area contributed by atoms with Gasteiger partial charge in [0.15, 0.2) is 0 Å². The lowest BCUT2D eigenvalue weighted by Gasteiger charge is -2.21. The number of carbonyl (C=O) groups excluding carboxylic acids is 1. The minimum Gasteiger partial charge on any atom is -0.493 e.